The van der Waals surface area contributed by atoms with E-state index in [0.29, 0.717) is 18.4 Å². The van der Waals surface area contributed by atoms with Gasteiger partial charge in [-0.3, -0.25) is 10.1 Å². The number of methoxy groups -OCH3 is 1. The Bertz CT molecular complexity index is 733. The summed E-state index contributed by atoms with van der Waals surface area (Å²) in [7, 11) is 1.33. The highest BCUT2D eigenvalue weighted by molar-refractivity contribution is 5.91. The number of aliphatic hydroxyl groups is 2. The molecule has 0 spiro atoms. The molecule has 30 heavy (non-hydrogen) atoms. The van der Waals surface area contributed by atoms with Gasteiger partial charge in [0.2, 0.25) is 0 Å². The topological polar surface area (TPSA) is 105 Å². The number of nitrogens with one attached hydrogen (secondary N) is 1. The van der Waals surface area contributed by atoms with Crippen molar-refractivity contribution in [2.24, 2.45) is 22.7 Å². The zero-order chi connectivity index (χ0) is 22.1. The molecule has 7 heteroatoms. The molecule has 0 radical (unpaired) electrons. The molecular weight excluding hydrogens is 386 g/mol. The van der Waals surface area contributed by atoms with Crippen LogP contribution in [-0.2, 0) is 19.1 Å². The number of rotatable bonds is 7. The van der Waals surface area contributed by atoms with Crippen LogP contribution in [0.2, 0.25) is 0 Å². The molecular formula is C23H35NO6. The van der Waals surface area contributed by atoms with Gasteiger partial charge >= 0.3 is 11.9 Å². The molecule has 0 amide bonds. The molecule has 0 aromatic rings. The van der Waals surface area contributed by atoms with E-state index in [4.69, 9.17) is 9.47 Å². The van der Waals surface area contributed by atoms with E-state index in [1.165, 1.54) is 7.11 Å². The zero-order valence-electron chi connectivity index (χ0n) is 18.3. The number of esters is 2. The van der Waals surface area contributed by atoms with Crippen molar-refractivity contribution in [3.63, 3.8) is 0 Å². The fraction of sp³-hybridized carbons (Fsp3) is 0.739. The van der Waals surface area contributed by atoms with E-state index in [2.05, 4.69) is 18.8 Å². The maximum absolute atomic E-state index is 12.3. The first-order chi connectivity index (χ1) is 14.2. The van der Waals surface area contributed by atoms with Gasteiger partial charge in [0.25, 0.3) is 0 Å². The highest BCUT2D eigenvalue weighted by Crippen LogP contribution is 2.61. The molecule has 0 aromatic carbocycles. The number of hydrogen-bond donors (Lipinski definition) is 3. The molecule has 0 saturated heterocycles. The maximum Gasteiger partial charge on any atom is 0.335 e. The number of hydrogen-bond acceptors (Lipinski definition) is 7. The SMILES string of the molecule is C=C1CCC2[C@](C)(CO)C(O)CC[C@]2(C)[C@H]1CC(NCC(=O)OC)C1=CCOC1=O. The van der Waals surface area contributed by atoms with E-state index < -0.39 is 17.5 Å². The second kappa shape index (κ2) is 8.81. The third kappa shape index (κ3) is 3.95. The average molecular weight is 422 g/mol. The molecule has 3 unspecified atom stereocenters. The van der Waals surface area contributed by atoms with Gasteiger partial charge in [0.05, 0.1) is 31.9 Å². The third-order valence-corrected chi connectivity index (χ3v) is 8.01. The monoisotopic (exact) mass is 421 g/mol. The molecule has 3 rings (SSSR count). The molecule has 7 nitrogen and oxygen atoms in total. The minimum atomic E-state index is -0.563. The number of fused-ring (bicyclic) bond motifs is 1. The average Bonchev–Trinajstić information content (AvgIpc) is 3.15. The molecule has 2 fully saturated rings. The summed E-state index contributed by atoms with van der Waals surface area (Å²) in [4.78, 5) is 24.0. The molecule has 168 valence electrons. The Hall–Kier alpha value is -1.70. The normalized spacial score (nSPS) is 37.2. The fourth-order valence-corrected chi connectivity index (χ4v) is 6.13. The summed E-state index contributed by atoms with van der Waals surface area (Å²) in [6, 6.07) is -0.358. The van der Waals surface area contributed by atoms with E-state index in [-0.39, 0.29) is 49.0 Å². The van der Waals surface area contributed by atoms with Crippen LogP contribution in [0.4, 0.5) is 0 Å². The lowest BCUT2D eigenvalue weighted by atomic mass is 9.46. The molecule has 3 aliphatic rings. The smallest absolute Gasteiger partial charge is 0.335 e. The minimum absolute atomic E-state index is 0.00179. The van der Waals surface area contributed by atoms with Crippen molar-refractivity contribution in [2.45, 2.75) is 58.1 Å². The minimum Gasteiger partial charge on any atom is -0.468 e. The van der Waals surface area contributed by atoms with Crippen molar-refractivity contribution in [3.8, 4) is 0 Å². The van der Waals surface area contributed by atoms with Crippen LogP contribution in [0.1, 0.15) is 46.0 Å². The van der Waals surface area contributed by atoms with Crippen molar-refractivity contribution in [1.82, 2.24) is 5.32 Å². The van der Waals surface area contributed by atoms with Gasteiger partial charge in [0, 0.05) is 11.5 Å². The van der Waals surface area contributed by atoms with Crippen LogP contribution < -0.4 is 5.32 Å². The number of aliphatic hydroxyl groups excluding tert-OH is 2. The number of ether oxygens (including phenoxy) is 2. The summed E-state index contributed by atoms with van der Waals surface area (Å²) in [5, 5.41) is 24.0. The first-order valence-electron chi connectivity index (χ1n) is 10.8. The van der Waals surface area contributed by atoms with Crippen LogP contribution in [0.25, 0.3) is 0 Å². The first-order valence-corrected chi connectivity index (χ1v) is 10.8. The Kier molecular flexibility index (Phi) is 6.75. The van der Waals surface area contributed by atoms with Gasteiger partial charge in [-0.05, 0) is 55.4 Å². The van der Waals surface area contributed by atoms with Crippen molar-refractivity contribution < 1.29 is 29.3 Å². The molecule has 3 N–H and O–H groups in total. The maximum atomic E-state index is 12.3. The van der Waals surface area contributed by atoms with Crippen LogP contribution >= 0.6 is 0 Å². The second-order valence-corrected chi connectivity index (χ2v) is 9.53. The number of cyclic esters (lactones) is 1. The van der Waals surface area contributed by atoms with E-state index in [1.54, 1.807) is 6.08 Å². The highest BCUT2D eigenvalue weighted by atomic mass is 16.5. The Morgan fingerprint density at radius 2 is 2.17 bits per heavy atom. The summed E-state index contributed by atoms with van der Waals surface area (Å²) in [6.45, 7) is 8.74. The molecule has 2 saturated carbocycles. The molecule has 1 aliphatic heterocycles. The molecule has 0 bridgehead atoms. The molecule has 2 aliphatic carbocycles. The van der Waals surface area contributed by atoms with Gasteiger partial charge in [0.15, 0.2) is 0 Å². The molecule has 1 heterocycles. The number of allylic oxidation sites excluding steroid dienone is 1. The van der Waals surface area contributed by atoms with Crippen LogP contribution in [0.3, 0.4) is 0 Å². The highest BCUT2D eigenvalue weighted by Gasteiger charge is 2.57. The van der Waals surface area contributed by atoms with Gasteiger partial charge in [-0.25, -0.2) is 4.79 Å². The Morgan fingerprint density at radius 3 is 2.77 bits per heavy atom. The lowest BCUT2D eigenvalue weighted by Gasteiger charge is -2.60. The predicted octanol–water partition coefficient (Wildman–Crippen LogP) is 1.73. The largest absolute Gasteiger partial charge is 0.468 e. The van der Waals surface area contributed by atoms with Crippen LogP contribution in [-0.4, -0.2) is 61.2 Å². The van der Waals surface area contributed by atoms with Gasteiger partial charge in [-0.1, -0.05) is 26.0 Å². The Balaban J connectivity index is 1.89. The van der Waals surface area contributed by atoms with E-state index in [9.17, 15) is 19.8 Å². The summed E-state index contributed by atoms with van der Waals surface area (Å²) in [6.07, 6.45) is 4.98. The summed E-state index contributed by atoms with van der Waals surface area (Å²) >= 11 is 0. The summed E-state index contributed by atoms with van der Waals surface area (Å²) in [5.74, 6) is -0.536. The van der Waals surface area contributed by atoms with Crippen molar-refractivity contribution >= 4 is 11.9 Å². The fourth-order valence-electron chi connectivity index (χ4n) is 6.13. The van der Waals surface area contributed by atoms with Crippen LogP contribution in [0.15, 0.2) is 23.8 Å². The lowest BCUT2D eigenvalue weighted by Crippen LogP contribution is -2.58. The van der Waals surface area contributed by atoms with Gasteiger partial charge in [-0.15, -0.1) is 0 Å². The number of carbonyl (C=O) groups excluding carboxylic acids is 2. The van der Waals surface area contributed by atoms with Gasteiger partial charge in [0.1, 0.15) is 6.61 Å². The second-order valence-electron chi connectivity index (χ2n) is 9.53. The third-order valence-electron chi connectivity index (χ3n) is 8.01. The van der Waals surface area contributed by atoms with Crippen molar-refractivity contribution in [2.75, 3.05) is 26.9 Å². The van der Waals surface area contributed by atoms with E-state index in [1.807, 2.05) is 6.92 Å². The Labute approximate surface area is 178 Å². The van der Waals surface area contributed by atoms with Crippen LogP contribution in [0, 0.1) is 22.7 Å². The lowest BCUT2D eigenvalue weighted by molar-refractivity contribution is -0.153. The predicted molar refractivity (Wildman–Crippen MR) is 111 cm³/mol. The molecule has 6 atom stereocenters. The van der Waals surface area contributed by atoms with Gasteiger partial charge in [-0.2, -0.15) is 0 Å². The summed E-state index contributed by atoms with van der Waals surface area (Å²) in [5.41, 5.74) is 0.938. The van der Waals surface area contributed by atoms with E-state index in [0.717, 1.165) is 24.8 Å². The van der Waals surface area contributed by atoms with Crippen LogP contribution in [0.5, 0.6) is 0 Å². The first kappa shape index (κ1) is 23.0. The van der Waals surface area contributed by atoms with Gasteiger partial charge < -0.3 is 19.7 Å². The molecule has 0 aromatic heterocycles. The zero-order valence-corrected chi connectivity index (χ0v) is 18.3. The van der Waals surface area contributed by atoms with E-state index >= 15 is 0 Å². The van der Waals surface area contributed by atoms with Crippen molar-refractivity contribution in [1.29, 1.82) is 0 Å². The Morgan fingerprint density at radius 1 is 1.43 bits per heavy atom. The van der Waals surface area contributed by atoms with Crippen molar-refractivity contribution in [3.05, 3.63) is 23.8 Å². The standard InChI is InChI=1S/C23H35NO6/c1-14-5-6-18-22(2,9-7-19(26)23(18,3)13-25)16(14)11-17(24-12-20(27)29-4)15-8-10-30-21(15)28/h8,16-19,24-26H,1,5-7,9-13H2,2-4H3/t16-,17?,18?,19?,22+,23-/m0/s1. The summed E-state index contributed by atoms with van der Waals surface area (Å²) < 4.78 is 9.87. The number of carbonyl (C=O) groups is 2. The quantitative estimate of drug-likeness (QED) is 0.425.